The number of methoxy groups -OCH3 is 1. The average Bonchev–Trinajstić information content (AvgIpc) is 2.15. The molecule has 3 heteroatoms. The number of ether oxygens (including phenoxy) is 1. The summed E-state index contributed by atoms with van der Waals surface area (Å²) in [5.74, 6) is 0.698. The molecule has 0 aromatic heterocycles. The molecule has 0 spiro atoms. The number of rotatable bonds is 3. The lowest BCUT2D eigenvalue weighted by atomic mass is 9.81. The van der Waals surface area contributed by atoms with Gasteiger partial charge < -0.3 is 4.74 Å². The minimum atomic E-state index is -0.279. The van der Waals surface area contributed by atoms with Crippen molar-refractivity contribution in [1.82, 2.24) is 0 Å². The van der Waals surface area contributed by atoms with Gasteiger partial charge in [-0.3, -0.25) is 0 Å². The van der Waals surface area contributed by atoms with Crippen LogP contribution in [0.1, 0.15) is 29.7 Å². The first kappa shape index (κ1) is 10.9. The fourth-order valence-corrected chi connectivity index (χ4v) is 2.67. The smallest absolute Gasteiger partial charge is 0.165 e. The van der Waals surface area contributed by atoms with Gasteiger partial charge in [-0.1, -0.05) is 28.4 Å². The van der Waals surface area contributed by atoms with E-state index in [0.29, 0.717) is 11.7 Å². The van der Waals surface area contributed by atoms with E-state index in [9.17, 15) is 4.39 Å². The van der Waals surface area contributed by atoms with Crippen molar-refractivity contribution in [2.45, 2.75) is 24.1 Å². The topological polar surface area (TPSA) is 9.23 Å². The van der Waals surface area contributed by atoms with Crippen LogP contribution in [-0.4, -0.2) is 7.11 Å². The van der Waals surface area contributed by atoms with Crippen molar-refractivity contribution in [3.05, 3.63) is 29.6 Å². The lowest BCUT2D eigenvalue weighted by Crippen LogP contribution is -2.16. The highest BCUT2D eigenvalue weighted by atomic mass is 79.9. The van der Waals surface area contributed by atoms with Crippen molar-refractivity contribution in [2.24, 2.45) is 5.92 Å². The molecular formula is C12H14BrFO. The third-order valence-electron chi connectivity index (χ3n) is 3.06. The number of hydrogen-bond acceptors (Lipinski definition) is 1. The first-order valence-corrected chi connectivity index (χ1v) is 6.11. The summed E-state index contributed by atoms with van der Waals surface area (Å²) >= 11 is 3.64. The Morgan fingerprint density at radius 1 is 1.47 bits per heavy atom. The zero-order valence-corrected chi connectivity index (χ0v) is 10.3. The van der Waals surface area contributed by atoms with Crippen LogP contribution in [0.2, 0.25) is 0 Å². The van der Waals surface area contributed by atoms with E-state index in [-0.39, 0.29) is 10.6 Å². The molecule has 1 saturated carbocycles. The van der Waals surface area contributed by atoms with E-state index < -0.39 is 0 Å². The van der Waals surface area contributed by atoms with Crippen LogP contribution in [0.3, 0.4) is 0 Å². The molecule has 0 radical (unpaired) electrons. The fraction of sp³-hybridized carbons (Fsp3) is 0.500. The molecule has 1 aliphatic carbocycles. The first-order valence-electron chi connectivity index (χ1n) is 5.20. The molecule has 0 heterocycles. The minimum absolute atomic E-state index is 0.279. The van der Waals surface area contributed by atoms with Gasteiger partial charge in [0.2, 0.25) is 0 Å². The quantitative estimate of drug-likeness (QED) is 0.754. The maximum Gasteiger partial charge on any atom is 0.165 e. The third kappa shape index (κ3) is 2.17. The largest absolute Gasteiger partial charge is 0.494 e. The Hall–Kier alpha value is -0.570. The van der Waals surface area contributed by atoms with Crippen LogP contribution >= 0.6 is 15.9 Å². The molecule has 1 atom stereocenters. The van der Waals surface area contributed by atoms with E-state index >= 15 is 0 Å². The van der Waals surface area contributed by atoms with Crippen molar-refractivity contribution < 1.29 is 9.13 Å². The minimum Gasteiger partial charge on any atom is -0.494 e. The van der Waals surface area contributed by atoms with Crippen LogP contribution < -0.4 is 4.74 Å². The van der Waals surface area contributed by atoms with E-state index in [1.165, 1.54) is 26.4 Å². The molecule has 1 nitrogen and oxygen atoms in total. The highest BCUT2D eigenvalue weighted by Crippen LogP contribution is 2.43. The van der Waals surface area contributed by atoms with Crippen molar-refractivity contribution in [2.75, 3.05) is 7.11 Å². The summed E-state index contributed by atoms with van der Waals surface area (Å²) in [4.78, 5) is 0.284. The average molecular weight is 273 g/mol. The molecule has 15 heavy (non-hydrogen) atoms. The third-order valence-corrected chi connectivity index (χ3v) is 4.33. The van der Waals surface area contributed by atoms with Gasteiger partial charge in [-0.05, 0) is 36.5 Å². The summed E-state index contributed by atoms with van der Waals surface area (Å²) in [6.07, 6.45) is 3.78. The van der Waals surface area contributed by atoms with E-state index in [4.69, 9.17) is 4.74 Å². The lowest BCUT2D eigenvalue weighted by Gasteiger charge is -2.30. The summed E-state index contributed by atoms with van der Waals surface area (Å²) in [6, 6.07) is 5.19. The zero-order valence-electron chi connectivity index (χ0n) is 8.67. The van der Waals surface area contributed by atoms with E-state index in [2.05, 4.69) is 15.9 Å². The SMILES string of the molecule is COc1ccc(C(Br)C2CCC2)cc1F. The Labute approximate surface area is 97.8 Å². The van der Waals surface area contributed by atoms with Crippen LogP contribution in [0.5, 0.6) is 5.75 Å². The van der Waals surface area contributed by atoms with Gasteiger partial charge in [0.1, 0.15) is 0 Å². The Morgan fingerprint density at radius 2 is 2.20 bits per heavy atom. The van der Waals surface area contributed by atoms with Crippen LogP contribution in [0, 0.1) is 11.7 Å². The molecule has 82 valence electrons. The van der Waals surface area contributed by atoms with Crippen molar-refractivity contribution >= 4 is 15.9 Å². The highest BCUT2D eigenvalue weighted by Gasteiger charge is 2.26. The predicted molar refractivity (Wildman–Crippen MR) is 62.0 cm³/mol. The van der Waals surface area contributed by atoms with Crippen molar-refractivity contribution in [3.8, 4) is 5.75 Å². The van der Waals surface area contributed by atoms with Gasteiger partial charge in [0.05, 0.1) is 7.11 Å². The van der Waals surface area contributed by atoms with Gasteiger partial charge in [-0.2, -0.15) is 0 Å². The van der Waals surface area contributed by atoms with Crippen molar-refractivity contribution in [1.29, 1.82) is 0 Å². The predicted octanol–water partition coefficient (Wildman–Crippen LogP) is 4.07. The van der Waals surface area contributed by atoms with Gasteiger partial charge in [-0.15, -0.1) is 0 Å². The summed E-state index contributed by atoms with van der Waals surface area (Å²) < 4.78 is 18.3. The van der Waals surface area contributed by atoms with Gasteiger partial charge in [-0.25, -0.2) is 4.39 Å². The molecule has 0 amide bonds. The standard InChI is InChI=1S/C12H14BrFO/c1-15-11-6-5-9(7-10(11)14)12(13)8-3-2-4-8/h5-8,12H,2-4H2,1H3. The second-order valence-corrected chi connectivity index (χ2v) is 4.97. The van der Waals surface area contributed by atoms with Gasteiger partial charge in [0.25, 0.3) is 0 Å². The Bertz CT molecular complexity index is 349. The van der Waals surface area contributed by atoms with Gasteiger partial charge in [0.15, 0.2) is 11.6 Å². The summed E-state index contributed by atoms with van der Waals surface area (Å²) in [5.41, 5.74) is 1.01. The monoisotopic (exact) mass is 272 g/mol. The van der Waals surface area contributed by atoms with E-state index in [1.807, 2.05) is 6.07 Å². The maximum absolute atomic E-state index is 13.5. The Morgan fingerprint density at radius 3 is 2.67 bits per heavy atom. The second kappa shape index (κ2) is 4.52. The molecule has 1 aromatic carbocycles. The summed E-state index contributed by atoms with van der Waals surface area (Å²) in [6.45, 7) is 0. The molecule has 1 unspecified atom stereocenters. The van der Waals surface area contributed by atoms with Gasteiger partial charge in [0, 0.05) is 4.83 Å². The summed E-state index contributed by atoms with van der Waals surface area (Å²) in [7, 11) is 1.48. The molecule has 1 fully saturated rings. The van der Waals surface area contributed by atoms with Crippen LogP contribution in [0.4, 0.5) is 4.39 Å². The summed E-state index contributed by atoms with van der Waals surface area (Å²) in [5, 5.41) is 0. The van der Waals surface area contributed by atoms with E-state index in [0.717, 1.165) is 5.56 Å². The van der Waals surface area contributed by atoms with Crippen LogP contribution in [0.15, 0.2) is 18.2 Å². The van der Waals surface area contributed by atoms with Crippen molar-refractivity contribution in [3.63, 3.8) is 0 Å². The molecular weight excluding hydrogens is 259 g/mol. The normalized spacial score (nSPS) is 18.3. The highest BCUT2D eigenvalue weighted by molar-refractivity contribution is 9.09. The molecule has 0 N–H and O–H groups in total. The number of hydrogen-bond donors (Lipinski definition) is 0. The molecule has 0 aliphatic heterocycles. The van der Waals surface area contributed by atoms with E-state index in [1.54, 1.807) is 12.1 Å². The molecule has 1 aromatic rings. The van der Waals surface area contributed by atoms with Crippen LogP contribution in [-0.2, 0) is 0 Å². The number of halogens is 2. The molecule has 0 bridgehead atoms. The number of alkyl halides is 1. The maximum atomic E-state index is 13.5. The first-order chi connectivity index (χ1) is 7.22. The van der Waals surface area contributed by atoms with Gasteiger partial charge >= 0.3 is 0 Å². The Kier molecular flexibility index (Phi) is 3.29. The fourth-order valence-electron chi connectivity index (χ4n) is 1.86. The lowest BCUT2D eigenvalue weighted by molar-refractivity contribution is 0.311. The number of benzene rings is 1. The molecule has 1 aliphatic rings. The molecule has 2 rings (SSSR count). The Balaban J connectivity index is 2.17. The van der Waals surface area contributed by atoms with Crippen LogP contribution in [0.25, 0.3) is 0 Å². The molecule has 0 saturated heterocycles. The zero-order chi connectivity index (χ0) is 10.8. The second-order valence-electron chi connectivity index (χ2n) is 3.99.